The number of ether oxygens (including phenoxy) is 2. The molecule has 32 heavy (non-hydrogen) atoms. The van der Waals surface area contributed by atoms with Crippen molar-refractivity contribution in [1.29, 1.82) is 0 Å². The topological polar surface area (TPSA) is 35.5 Å². The van der Waals surface area contributed by atoms with E-state index in [0.717, 1.165) is 18.6 Å². The molecule has 0 amide bonds. The van der Waals surface area contributed by atoms with Crippen LogP contribution in [0, 0.1) is 32.6 Å². The largest absolute Gasteiger partial charge is 0.489 e. The highest BCUT2D eigenvalue weighted by Crippen LogP contribution is 2.42. The lowest BCUT2D eigenvalue weighted by Crippen LogP contribution is -2.08. The summed E-state index contributed by atoms with van der Waals surface area (Å²) in [6.07, 6.45) is 1.82. The summed E-state index contributed by atoms with van der Waals surface area (Å²) in [5, 5.41) is 0. The Balaban J connectivity index is 1.44. The second-order valence-electron chi connectivity index (χ2n) is 8.85. The Hall–Kier alpha value is -3.07. The average molecular weight is 429 g/mol. The van der Waals surface area contributed by atoms with Crippen LogP contribution >= 0.6 is 0 Å². The maximum absolute atomic E-state index is 11.9. The van der Waals surface area contributed by atoms with Gasteiger partial charge in [0.15, 0.2) is 0 Å². The van der Waals surface area contributed by atoms with Crippen molar-refractivity contribution in [1.82, 2.24) is 0 Å². The molecule has 3 nitrogen and oxygen atoms in total. The molecule has 0 radical (unpaired) electrons. The maximum Gasteiger partial charge on any atom is 0.309 e. The molecular formula is C29H32O3. The quantitative estimate of drug-likeness (QED) is 0.379. The fourth-order valence-electron chi connectivity index (χ4n) is 4.59. The van der Waals surface area contributed by atoms with E-state index in [2.05, 4.69) is 69.3 Å². The van der Waals surface area contributed by atoms with E-state index in [1.54, 1.807) is 0 Å². The summed E-state index contributed by atoms with van der Waals surface area (Å²) < 4.78 is 11.3. The van der Waals surface area contributed by atoms with Gasteiger partial charge in [-0.1, -0.05) is 48.5 Å². The van der Waals surface area contributed by atoms with Gasteiger partial charge in [0.2, 0.25) is 0 Å². The summed E-state index contributed by atoms with van der Waals surface area (Å²) in [5.41, 5.74) is 8.83. The van der Waals surface area contributed by atoms with Crippen molar-refractivity contribution in [2.45, 2.75) is 47.1 Å². The van der Waals surface area contributed by atoms with Crippen molar-refractivity contribution in [2.75, 3.05) is 6.61 Å². The third kappa shape index (κ3) is 4.88. The molecule has 1 unspecified atom stereocenters. The van der Waals surface area contributed by atoms with Gasteiger partial charge in [0.1, 0.15) is 12.4 Å². The van der Waals surface area contributed by atoms with Crippen LogP contribution in [0.2, 0.25) is 0 Å². The van der Waals surface area contributed by atoms with E-state index < -0.39 is 0 Å². The zero-order valence-corrected chi connectivity index (χ0v) is 19.5. The van der Waals surface area contributed by atoms with Crippen molar-refractivity contribution in [3.8, 4) is 16.9 Å². The Bertz CT molecular complexity index is 1090. The summed E-state index contributed by atoms with van der Waals surface area (Å²) >= 11 is 0. The lowest BCUT2D eigenvalue weighted by molar-refractivity contribution is -0.145. The van der Waals surface area contributed by atoms with Gasteiger partial charge >= 0.3 is 5.97 Å². The molecule has 1 aliphatic rings. The van der Waals surface area contributed by atoms with E-state index in [1.165, 1.54) is 38.9 Å². The number of hydrogen-bond donors (Lipinski definition) is 0. The molecule has 1 saturated carbocycles. The molecule has 0 heterocycles. The monoisotopic (exact) mass is 428 g/mol. The minimum Gasteiger partial charge on any atom is -0.489 e. The van der Waals surface area contributed by atoms with Crippen LogP contribution in [0.1, 0.15) is 41.2 Å². The second kappa shape index (κ2) is 9.60. The standard InChI is InChI=1S/C29H32O3/c1-5-31-29(30)27-17-24(27)15-22-11-7-13-25(16-22)32-18-23-12-8-14-26(21(23)4)28-19(2)9-6-10-20(28)3/h6-14,16,24,27H,5,15,17-18H2,1-4H3/t24-,27?/m1/s1. The molecule has 166 valence electrons. The molecule has 3 heteroatoms. The summed E-state index contributed by atoms with van der Waals surface area (Å²) in [4.78, 5) is 11.9. The number of carbonyl (C=O) groups excluding carboxylic acids is 1. The summed E-state index contributed by atoms with van der Waals surface area (Å²) in [5.74, 6) is 1.27. The molecule has 0 aliphatic heterocycles. The average Bonchev–Trinajstić information content (AvgIpc) is 3.53. The van der Waals surface area contributed by atoms with E-state index in [4.69, 9.17) is 9.47 Å². The molecule has 3 aromatic carbocycles. The van der Waals surface area contributed by atoms with Crippen molar-refractivity contribution in [2.24, 2.45) is 11.8 Å². The summed E-state index contributed by atoms with van der Waals surface area (Å²) in [7, 11) is 0. The van der Waals surface area contributed by atoms with Crippen molar-refractivity contribution < 1.29 is 14.3 Å². The van der Waals surface area contributed by atoms with Crippen molar-refractivity contribution in [3.05, 3.63) is 88.5 Å². The molecule has 1 fully saturated rings. The van der Waals surface area contributed by atoms with Gasteiger partial charge in [0.05, 0.1) is 12.5 Å². The first-order valence-electron chi connectivity index (χ1n) is 11.5. The lowest BCUT2D eigenvalue weighted by Gasteiger charge is -2.16. The minimum absolute atomic E-state index is 0.0517. The molecule has 0 N–H and O–H groups in total. The van der Waals surface area contributed by atoms with Crippen LogP contribution in [0.15, 0.2) is 60.7 Å². The first-order chi connectivity index (χ1) is 15.5. The van der Waals surface area contributed by atoms with Gasteiger partial charge < -0.3 is 9.47 Å². The van der Waals surface area contributed by atoms with Gasteiger partial charge in [0, 0.05) is 0 Å². The predicted molar refractivity (Wildman–Crippen MR) is 129 cm³/mol. The number of benzene rings is 3. The molecular weight excluding hydrogens is 396 g/mol. The van der Waals surface area contributed by atoms with Crippen molar-refractivity contribution in [3.63, 3.8) is 0 Å². The maximum atomic E-state index is 11.9. The molecule has 0 saturated heterocycles. The van der Waals surface area contributed by atoms with Crippen LogP contribution in [0.25, 0.3) is 11.1 Å². The molecule has 0 spiro atoms. The Kier molecular flexibility index (Phi) is 6.64. The fourth-order valence-corrected chi connectivity index (χ4v) is 4.59. The Labute approximate surface area is 191 Å². The molecule has 0 aromatic heterocycles. The van der Waals surface area contributed by atoms with E-state index in [-0.39, 0.29) is 11.9 Å². The number of hydrogen-bond acceptors (Lipinski definition) is 3. The molecule has 1 aliphatic carbocycles. The fraction of sp³-hybridized carbons (Fsp3) is 0.345. The SMILES string of the molecule is CCOC(=O)C1C[C@H]1Cc1cccc(OCc2cccc(-c3c(C)cccc3C)c2C)c1. The smallest absolute Gasteiger partial charge is 0.309 e. The first kappa shape index (κ1) is 22.1. The number of rotatable bonds is 8. The predicted octanol–water partition coefficient (Wildman–Crippen LogP) is 6.60. The van der Waals surface area contributed by atoms with Crippen LogP contribution in [0.4, 0.5) is 0 Å². The normalized spacial score (nSPS) is 17.1. The molecule has 4 rings (SSSR count). The Morgan fingerprint density at radius 2 is 1.69 bits per heavy atom. The molecule has 2 atom stereocenters. The highest BCUT2D eigenvalue weighted by atomic mass is 16.5. The first-order valence-corrected chi connectivity index (χ1v) is 11.5. The number of aryl methyl sites for hydroxylation is 2. The van der Waals surface area contributed by atoms with Gasteiger partial charge in [-0.15, -0.1) is 0 Å². The molecule has 3 aromatic rings. The van der Waals surface area contributed by atoms with Crippen molar-refractivity contribution >= 4 is 5.97 Å². The third-order valence-electron chi connectivity index (χ3n) is 6.50. The summed E-state index contributed by atoms with van der Waals surface area (Å²) in [6.45, 7) is 9.36. The van der Waals surface area contributed by atoms with E-state index in [0.29, 0.717) is 19.1 Å². The van der Waals surface area contributed by atoms with Gasteiger partial charge in [-0.3, -0.25) is 4.79 Å². The van der Waals surface area contributed by atoms with Crippen LogP contribution in [0.5, 0.6) is 5.75 Å². The Morgan fingerprint density at radius 1 is 0.969 bits per heavy atom. The number of carbonyl (C=O) groups is 1. The van der Waals surface area contributed by atoms with E-state index >= 15 is 0 Å². The third-order valence-corrected chi connectivity index (χ3v) is 6.50. The zero-order chi connectivity index (χ0) is 22.7. The van der Waals surface area contributed by atoms with Gasteiger partial charge in [-0.2, -0.15) is 0 Å². The minimum atomic E-state index is -0.0517. The van der Waals surface area contributed by atoms with E-state index in [1.807, 2.05) is 19.1 Å². The lowest BCUT2D eigenvalue weighted by atomic mass is 9.91. The second-order valence-corrected chi connectivity index (χ2v) is 8.85. The van der Waals surface area contributed by atoms with Crippen LogP contribution < -0.4 is 4.74 Å². The van der Waals surface area contributed by atoms with Crippen LogP contribution in [-0.2, 0) is 22.6 Å². The van der Waals surface area contributed by atoms with E-state index in [9.17, 15) is 4.79 Å². The number of esters is 1. The molecule has 0 bridgehead atoms. The van der Waals surface area contributed by atoms with Gasteiger partial charge in [0.25, 0.3) is 0 Å². The van der Waals surface area contributed by atoms with Gasteiger partial charge in [-0.25, -0.2) is 0 Å². The van der Waals surface area contributed by atoms with Gasteiger partial charge in [-0.05, 0) is 97.5 Å². The van der Waals surface area contributed by atoms with Crippen LogP contribution in [0.3, 0.4) is 0 Å². The highest BCUT2D eigenvalue weighted by Gasteiger charge is 2.43. The van der Waals surface area contributed by atoms with Crippen LogP contribution in [-0.4, -0.2) is 12.6 Å². The Morgan fingerprint density at radius 3 is 2.44 bits per heavy atom. The highest BCUT2D eigenvalue weighted by molar-refractivity contribution is 5.76. The summed E-state index contributed by atoms with van der Waals surface area (Å²) in [6, 6.07) is 21.2. The zero-order valence-electron chi connectivity index (χ0n) is 19.5.